The van der Waals surface area contributed by atoms with Gasteiger partial charge in [-0.3, -0.25) is 9.58 Å². The molecule has 0 N–H and O–H groups in total. The van der Waals surface area contributed by atoms with Gasteiger partial charge >= 0.3 is 0 Å². The topological polar surface area (TPSA) is 21.1 Å². The molecule has 0 aliphatic carbocycles. The number of hydrogen-bond acceptors (Lipinski definition) is 2. The van der Waals surface area contributed by atoms with Crippen molar-refractivity contribution in [3.63, 3.8) is 0 Å². The van der Waals surface area contributed by atoms with Crippen LogP contribution < -0.4 is 0 Å². The third-order valence-electron chi connectivity index (χ3n) is 3.65. The van der Waals surface area contributed by atoms with E-state index in [-0.39, 0.29) is 0 Å². The Labute approximate surface area is 123 Å². The van der Waals surface area contributed by atoms with Gasteiger partial charge in [0, 0.05) is 25.0 Å². The van der Waals surface area contributed by atoms with Gasteiger partial charge in [-0.05, 0) is 39.2 Å². The summed E-state index contributed by atoms with van der Waals surface area (Å²) in [4.78, 5) is 2.50. The molecule has 0 radical (unpaired) electrons. The fraction of sp³-hybridized carbons (Fsp3) is 0.769. The smallest absolute Gasteiger partial charge is 0.0860 e. The zero-order valence-corrected chi connectivity index (χ0v) is 13.5. The summed E-state index contributed by atoms with van der Waals surface area (Å²) < 4.78 is 2.04. The molecule has 1 aromatic heterocycles. The molecular formula is C13H21BrClN3. The molecule has 1 fully saturated rings. The molecule has 0 amide bonds. The summed E-state index contributed by atoms with van der Waals surface area (Å²) in [5.74, 6) is 0.775. The molecule has 0 spiro atoms. The maximum atomic E-state index is 6.36. The van der Waals surface area contributed by atoms with Crippen LogP contribution in [0.4, 0.5) is 0 Å². The van der Waals surface area contributed by atoms with Crippen molar-refractivity contribution in [3.05, 3.63) is 16.4 Å². The Morgan fingerprint density at radius 1 is 1.50 bits per heavy atom. The Bertz CT molecular complexity index is 405. The lowest BCUT2D eigenvalue weighted by atomic mass is 10.0. The van der Waals surface area contributed by atoms with E-state index in [1.807, 2.05) is 11.6 Å². The molecule has 1 saturated heterocycles. The predicted molar refractivity (Wildman–Crippen MR) is 79.4 cm³/mol. The average molecular weight is 335 g/mol. The van der Waals surface area contributed by atoms with E-state index < -0.39 is 0 Å². The fourth-order valence-electron chi connectivity index (χ4n) is 2.65. The summed E-state index contributed by atoms with van der Waals surface area (Å²) in [6.45, 7) is 8.25. The number of hydrogen-bond donors (Lipinski definition) is 0. The zero-order valence-electron chi connectivity index (χ0n) is 11.1. The number of alkyl halides is 1. The van der Waals surface area contributed by atoms with Gasteiger partial charge in [0.05, 0.1) is 16.4 Å². The highest BCUT2D eigenvalue weighted by Gasteiger charge is 2.22. The van der Waals surface area contributed by atoms with Gasteiger partial charge in [0.15, 0.2) is 0 Å². The Morgan fingerprint density at radius 3 is 2.94 bits per heavy atom. The summed E-state index contributed by atoms with van der Waals surface area (Å²) in [5.41, 5.74) is 2.12. The molecule has 0 saturated carbocycles. The van der Waals surface area contributed by atoms with Crippen LogP contribution in [0.1, 0.15) is 31.2 Å². The summed E-state index contributed by atoms with van der Waals surface area (Å²) in [5, 5.41) is 6.43. The van der Waals surface area contributed by atoms with Crippen LogP contribution in [0.5, 0.6) is 0 Å². The minimum atomic E-state index is 0.775. The van der Waals surface area contributed by atoms with Crippen LogP contribution >= 0.6 is 27.5 Å². The standard InChI is InChI=1S/C13H21BrClN3/c1-3-18-12(13(15)10(2)16-18)9-17-6-4-5-11(7-14)8-17/h11H,3-9H2,1-2H3. The van der Waals surface area contributed by atoms with Gasteiger partial charge in [0.1, 0.15) is 0 Å². The SMILES string of the molecule is CCn1nc(C)c(Cl)c1CN1CCCC(CBr)C1. The van der Waals surface area contributed by atoms with Crippen LogP contribution in [0.25, 0.3) is 0 Å². The van der Waals surface area contributed by atoms with Crippen molar-refractivity contribution in [1.29, 1.82) is 0 Å². The number of likely N-dealkylation sites (tertiary alicyclic amines) is 1. The Balaban J connectivity index is 2.08. The van der Waals surface area contributed by atoms with Crippen molar-refractivity contribution < 1.29 is 0 Å². The molecule has 5 heteroatoms. The highest BCUT2D eigenvalue weighted by atomic mass is 79.9. The summed E-state index contributed by atoms with van der Waals surface area (Å²) in [6.07, 6.45) is 2.62. The molecule has 1 aromatic rings. The highest BCUT2D eigenvalue weighted by molar-refractivity contribution is 9.09. The lowest BCUT2D eigenvalue weighted by molar-refractivity contribution is 0.175. The first-order chi connectivity index (χ1) is 8.65. The molecule has 2 heterocycles. The van der Waals surface area contributed by atoms with Crippen molar-refractivity contribution in [1.82, 2.24) is 14.7 Å². The number of halogens is 2. The zero-order chi connectivity index (χ0) is 13.1. The largest absolute Gasteiger partial charge is 0.297 e. The third kappa shape index (κ3) is 3.09. The number of aryl methyl sites for hydroxylation is 2. The van der Waals surface area contributed by atoms with Crippen molar-refractivity contribution in [2.45, 2.75) is 39.8 Å². The molecule has 3 nitrogen and oxygen atoms in total. The van der Waals surface area contributed by atoms with Gasteiger partial charge < -0.3 is 0 Å². The van der Waals surface area contributed by atoms with E-state index in [1.54, 1.807) is 0 Å². The van der Waals surface area contributed by atoms with Gasteiger partial charge in [-0.2, -0.15) is 5.10 Å². The van der Waals surface area contributed by atoms with Crippen LogP contribution in [-0.2, 0) is 13.1 Å². The van der Waals surface area contributed by atoms with E-state index in [2.05, 4.69) is 32.9 Å². The van der Waals surface area contributed by atoms with Crippen LogP contribution in [0.2, 0.25) is 5.02 Å². The Morgan fingerprint density at radius 2 is 2.28 bits per heavy atom. The number of nitrogens with zero attached hydrogens (tertiary/aromatic N) is 3. The fourth-order valence-corrected chi connectivity index (χ4v) is 3.38. The molecule has 1 unspecified atom stereocenters. The molecule has 1 atom stereocenters. The van der Waals surface area contributed by atoms with E-state index in [4.69, 9.17) is 11.6 Å². The van der Waals surface area contributed by atoms with Crippen molar-refractivity contribution >= 4 is 27.5 Å². The van der Waals surface area contributed by atoms with Crippen LogP contribution in [-0.4, -0.2) is 33.1 Å². The number of aromatic nitrogens is 2. The quantitative estimate of drug-likeness (QED) is 0.786. The maximum Gasteiger partial charge on any atom is 0.0860 e. The average Bonchev–Trinajstić information content (AvgIpc) is 2.67. The monoisotopic (exact) mass is 333 g/mol. The van der Waals surface area contributed by atoms with Gasteiger partial charge in [-0.25, -0.2) is 0 Å². The van der Waals surface area contributed by atoms with Gasteiger partial charge in [0.2, 0.25) is 0 Å². The normalized spacial score (nSPS) is 21.4. The molecule has 102 valence electrons. The number of piperidine rings is 1. The first-order valence-corrected chi connectivity index (χ1v) is 8.15. The van der Waals surface area contributed by atoms with Gasteiger partial charge in [0.25, 0.3) is 0 Å². The van der Waals surface area contributed by atoms with Crippen LogP contribution in [0, 0.1) is 12.8 Å². The molecule has 0 aromatic carbocycles. The molecule has 0 bridgehead atoms. The van der Waals surface area contributed by atoms with E-state index in [0.29, 0.717) is 0 Å². The molecule has 18 heavy (non-hydrogen) atoms. The van der Waals surface area contributed by atoms with Crippen molar-refractivity contribution in [2.24, 2.45) is 5.92 Å². The van der Waals surface area contributed by atoms with E-state index in [1.165, 1.54) is 25.1 Å². The first-order valence-electron chi connectivity index (χ1n) is 6.65. The second kappa shape index (κ2) is 6.40. The first kappa shape index (κ1) is 14.4. The Kier molecular flexibility index (Phi) is 5.10. The lowest BCUT2D eigenvalue weighted by Gasteiger charge is -2.31. The predicted octanol–water partition coefficient (Wildman–Crippen LogP) is 3.47. The molecule has 1 aliphatic heterocycles. The number of rotatable bonds is 4. The second-order valence-corrected chi connectivity index (χ2v) is 6.08. The minimum absolute atomic E-state index is 0.775. The highest BCUT2D eigenvalue weighted by Crippen LogP contribution is 2.25. The van der Waals surface area contributed by atoms with E-state index in [0.717, 1.165) is 41.6 Å². The summed E-state index contributed by atoms with van der Waals surface area (Å²) >= 11 is 9.96. The van der Waals surface area contributed by atoms with E-state index >= 15 is 0 Å². The third-order valence-corrected chi connectivity index (χ3v) is 5.05. The lowest BCUT2D eigenvalue weighted by Crippen LogP contribution is -2.36. The molecule has 1 aliphatic rings. The van der Waals surface area contributed by atoms with Crippen molar-refractivity contribution in [2.75, 3.05) is 18.4 Å². The summed E-state index contributed by atoms with van der Waals surface area (Å²) in [7, 11) is 0. The van der Waals surface area contributed by atoms with E-state index in [9.17, 15) is 0 Å². The molecular weight excluding hydrogens is 314 g/mol. The Hall–Kier alpha value is -0.0600. The second-order valence-electron chi connectivity index (χ2n) is 5.06. The van der Waals surface area contributed by atoms with Crippen LogP contribution in [0.3, 0.4) is 0 Å². The van der Waals surface area contributed by atoms with Crippen LogP contribution in [0.15, 0.2) is 0 Å². The van der Waals surface area contributed by atoms with Crippen molar-refractivity contribution in [3.8, 4) is 0 Å². The maximum absolute atomic E-state index is 6.36. The molecule has 2 rings (SSSR count). The minimum Gasteiger partial charge on any atom is -0.297 e. The van der Waals surface area contributed by atoms with Gasteiger partial charge in [-0.15, -0.1) is 0 Å². The van der Waals surface area contributed by atoms with Gasteiger partial charge in [-0.1, -0.05) is 27.5 Å². The summed E-state index contributed by atoms with van der Waals surface area (Å²) in [6, 6.07) is 0.